The first-order valence-corrected chi connectivity index (χ1v) is 6.46. The van der Waals surface area contributed by atoms with Crippen LogP contribution in [0.25, 0.3) is 0 Å². The van der Waals surface area contributed by atoms with Gasteiger partial charge in [-0.25, -0.2) is 0 Å². The van der Waals surface area contributed by atoms with Crippen molar-refractivity contribution in [3.05, 3.63) is 17.7 Å². The number of aliphatic hydroxyl groups is 3. The van der Waals surface area contributed by atoms with Gasteiger partial charge in [-0.15, -0.1) is 0 Å². The summed E-state index contributed by atoms with van der Waals surface area (Å²) in [5.41, 5.74) is -1.36. The largest absolute Gasteiger partial charge is 0.493 e. The Bertz CT molecular complexity index is 481. The van der Waals surface area contributed by atoms with Gasteiger partial charge in [-0.05, 0) is 12.1 Å². The first-order valence-electron chi connectivity index (χ1n) is 6.46. The maximum atomic E-state index is 12.3. The molecule has 8 nitrogen and oxygen atoms in total. The Kier molecular flexibility index (Phi) is 6.41. The highest BCUT2D eigenvalue weighted by molar-refractivity contribution is 5.96. The molecule has 0 aromatic heterocycles. The van der Waals surface area contributed by atoms with Gasteiger partial charge in [0.1, 0.15) is 5.54 Å². The van der Waals surface area contributed by atoms with Gasteiger partial charge in [-0.3, -0.25) is 4.79 Å². The van der Waals surface area contributed by atoms with E-state index >= 15 is 0 Å². The summed E-state index contributed by atoms with van der Waals surface area (Å²) in [4.78, 5) is 12.3. The summed E-state index contributed by atoms with van der Waals surface area (Å²) in [5, 5.41) is 30.2. The lowest BCUT2D eigenvalue weighted by molar-refractivity contribution is 0.0375. The number of benzene rings is 1. The molecule has 8 heteroatoms. The highest BCUT2D eigenvalue weighted by Crippen LogP contribution is 2.38. The second-order valence-electron chi connectivity index (χ2n) is 4.62. The number of hydrogen-bond donors (Lipinski definition) is 4. The molecular formula is C14H21NO7. The molecule has 4 N–H and O–H groups in total. The quantitative estimate of drug-likeness (QED) is 0.494. The first-order chi connectivity index (χ1) is 10.5. The monoisotopic (exact) mass is 315 g/mol. The summed E-state index contributed by atoms with van der Waals surface area (Å²) in [6.45, 7) is -1.84. The summed E-state index contributed by atoms with van der Waals surface area (Å²) in [5.74, 6) is 0.292. The molecule has 0 atom stereocenters. The van der Waals surface area contributed by atoms with Crippen LogP contribution in [0.5, 0.6) is 17.2 Å². The van der Waals surface area contributed by atoms with Crippen molar-refractivity contribution < 1.29 is 34.3 Å². The van der Waals surface area contributed by atoms with Gasteiger partial charge in [0.15, 0.2) is 11.5 Å². The van der Waals surface area contributed by atoms with E-state index in [2.05, 4.69) is 5.32 Å². The average molecular weight is 315 g/mol. The van der Waals surface area contributed by atoms with Gasteiger partial charge in [0.05, 0.1) is 41.2 Å². The zero-order valence-electron chi connectivity index (χ0n) is 12.8. The predicted octanol–water partition coefficient (Wildman–Crippen LogP) is -0.842. The summed E-state index contributed by atoms with van der Waals surface area (Å²) in [7, 11) is 4.27. The number of amides is 1. The van der Waals surface area contributed by atoms with E-state index in [1.807, 2.05) is 0 Å². The van der Waals surface area contributed by atoms with Gasteiger partial charge in [0, 0.05) is 5.56 Å². The number of rotatable bonds is 8. The van der Waals surface area contributed by atoms with Crippen LogP contribution in [0.15, 0.2) is 12.1 Å². The van der Waals surface area contributed by atoms with E-state index in [9.17, 15) is 20.1 Å². The molecule has 1 aromatic rings. The molecular weight excluding hydrogens is 294 g/mol. The summed E-state index contributed by atoms with van der Waals surface area (Å²) < 4.78 is 15.4. The van der Waals surface area contributed by atoms with Crippen LogP contribution in [0.2, 0.25) is 0 Å². The van der Waals surface area contributed by atoms with Crippen molar-refractivity contribution in [1.82, 2.24) is 5.32 Å². The van der Waals surface area contributed by atoms with Crippen molar-refractivity contribution in [2.75, 3.05) is 41.2 Å². The van der Waals surface area contributed by atoms with Crippen molar-refractivity contribution in [2.24, 2.45) is 0 Å². The van der Waals surface area contributed by atoms with Crippen LogP contribution < -0.4 is 19.5 Å². The Hall–Kier alpha value is -2.03. The van der Waals surface area contributed by atoms with Crippen molar-refractivity contribution in [3.63, 3.8) is 0 Å². The molecule has 0 aliphatic heterocycles. The molecule has 0 radical (unpaired) electrons. The van der Waals surface area contributed by atoms with Crippen LogP contribution in [0.1, 0.15) is 10.4 Å². The minimum atomic E-state index is -1.52. The Morgan fingerprint density at radius 2 is 1.45 bits per heavy atom. The minimum absolute atomic E-state index is 0.161. The van der Waals surface area contributed by atoms with Crippen LogP contribution in [0.3, 0.4) is 0 Å². The Labute approximate surface area is 128 Å². The van der Waals surface area contributed by atoms with E-state index in [-0.39, 0.29) is 17.1 Å². The Morgan fingerprint density at radius 3 is 1.77 bits per heavy atom. The van der Waals surface area contributed by atoms with Crippen LogP contribution >= 0.6 is 0 Å². The van der Waals surface area contributed by atoms with E-state index < -0.39 is 31.3 Å². The Balaban J connectivity index is 3.18. The third kappa shape index (κ3) is 3.59. The highest BCUT2D eigenvalue weighted by atomic mass is 16.5. The van der Waals surface area contributed by atoms with Crippen molar-refractivity contribution >= 4 is 5.91 Å². The highest BCUT2D eigenvalue weighted by Gasteiger charge is 2.31. The van der Waals surface area contributed by atoms with Gasteiger partial charge in [-0.1, -0.05) is 0 Å². The lowest BCUT2D eigenvalue weighted by Crippen LogP contribution is -2.57. The third-order valence-corrected chi connectivity index (χ3v) is 3.21. The molecule has 0 saturated heterocycles. The summed E-state index contributed by atoms with van der Waals surface area (Å²) in [6.07, 6.45) is 0. The maximum absolute atomic E-state index is 12.3. The summed E-state index contributed by atoms with van der Waals surface area (Å²) >= 11 is 0. The molecule has 0 heterocycles. The molecule has 124 valence electrons. The topological polar surface area (TPSA) is 117 Å². The zero-order valence-corrected chi connectivity index (χ0v) is 12.8. The van der Waals surface area contributed by atoms with Crippen LogP contribution in [-0.4, -0.2) is 67.9 Å². The van der Waals surface area contributed by atoms with Gasteiger partial charge >= 0.3 is 0 Å². The molecule has 0 aliphatic rings. The second-order valence-corrected chi connectivity index (χ2v) is 4.62. The number of nitrogens with one attached hydrogen (secondary N) is 1. The lowest BCUT2D eigenvalue weighted by atomic mass is 10.0. The molecule has 0 bridgehead atoms. The molecule has 1 rings (SSSR count). The summed E-state index contributed by atoms with van der Waals surface area (Å²) in [6, 6.07) is 2.85. The number of ether oxygens (including phenoxy) is 3. The molecule has 0 aliphatic carbocycles. The first kappa shape index (κ1) is 18.0. The fourth-order valence-corrected chi connectivity index (χ4v) is 1.79. The normalized spacial score (nSPS) is 11.0. The fraction of sp³-hybridized carbons (Fsp3) is 0.500. The number of methoxy groups -OCH3 is 3. The third-order valence-electron chi connectivity index (χ3n) is 3.21. The second kappa shape index (κ2) is 7.83. The van der Waals surface area contributed by atoms with Crippen LogP contribution in [0, 0.1) is 0 Å². The van der Waals surface area contributed by atoms with Gasteiger partial charge in [-0.2, -0.15) is 0 Å². The molecule has 1 aromatic carbocycles. The molecule has 0 unspecified atom stereocenters. The van der Waals surface area contributed by atoms with Crippen LogP contribution in [0.4, 0.5) is 0 Å². The van der Waals surface area contributed by atoms with Crippen molar-refractivity contribution in [2.45, 2.75) is 5.54 Å². The smallest absolute Gasteiger partial charge is 0.252 e. The molecule has 0 spiro atoms. The number of aliphatic hydroxyl groups excluding tert-OH is 3. The lowest BCUT2D eigenvalue weighted by Gasteiger charge is -2.28. The minimum Gasteiger partial charge on any atom is -0.493 e. The predicted molar refractivity (Wildman–Crippen MR) is 77.6 cm³/mol. The zero-order chi connectivity index (χ0) is 16.8. The van der Waals surface area contributed by atoms with Crippen molar-refractivity contribution in [1.29, 1.82) is 0 Å². The number of carbonyl (C=O) groups excluding carboxylic acids is 1. The van der Waals surface area contributed by atoms with E-state index in [4.69, 9.17) is 14.2 Å². The van der Waals surface area contributed by atoms with Crippen molar-refractivity contribution in [3.8, 4) is 17.2 Å². The van der Waals surface area contributed by atoms with Gasteiger partial charge in [0.2, 0.25) is 5.75 Å². The van der Waals surface area contributed by atoms with E-state index in [1.54, 1.807) is 0 Å². The average Bonchev–Trinajstić information content (AvgIpc) is 2.58. The van der Waals surface area contributed by atoms with Gasteiger partial charge < -0.3 is 34.8 Å². The van der Waals surface area contributed by atoms with E-state index in [0.29, 0.717) is 5.75 Å². The Morgan fingerprint density at radius 1 is 1.00 bits per heavy atom. The molecule has 0 saturated carbocycles. The molecule has 0 fully saturated rings. The standard InChI is InChI=1S/C14H21NO7/c1-20-10-4-9(5-11(21-2)12(10)22-3)13(19)15-14(6-16,7-17)8-18/h4-5,16-18H,6-8H2,1-3H3,(H,15,19). The van der Waals surface area contributed by atoms with Crippen LogP contribution in [-0.2, 0) is 0 Å². The molecule has 22 heavy (non-hydrogen) atoms. The maximum Gasteiger partial charge on any atom is 0.252 e. The number of carbonyl (C=O) groups is 1. The van der Waals surface area contributed by atoms with E-state index in [1.165, 1.54) is 33.5 Å². The molecule has 1 amide bonds. The number of hydrogen-bond acceptors (Lipinski definition) is 7. The van der Waals surface area contributed by atoms with Gasteiger partial charge in [0.25, 0.3) is 5.91 Å². The SMILES string of the molecule is COc1cc(C(=O)NC(CO)(CO)CO)cc(OC)c1OC. The fourth-order valence-electron chi connectivity index (χ4n) is 1.79. The van der Waals surface area contributed by atoms with E-state index in [0.717, 1.165) is 0 Å².